The van der Waals surface area contributed by atoms with E-state index in [0.29, 0.717) is 11.3 Å². The largest absolute Gasteiger partial charge is 0.378 e. The molecule has 4 N–H and O–H groups in total. The monoisotopic (exact) mass is 339 g/mol. The van der Waals surface area contributed by atoms with Crippen molar-refractivity contribution in [2.75, 3.05) is 16.8 Å². The predicted octanol–water partition coefficient (Wildman–Crippen LogP) is 0.889. The topological polar surface area (TPSA) is 95.7 Å². The van der Waals surface area contributed by atoms with Crippen molar-refractivity contribution in [3.05, 3.63) is 22.2 Å². The average molecular weight is 340 g/mol. The van der Waals surface area contributed by atoms with Gasteiger partial charge in [-0.05, 0) is 40.9 Å². The zero-order valence-electron chi connectivity index (χ0n) is 10.6. The summed E-state index contributed by atoms with van der Waals surface area (Å²) in [5.41, 5.74) is 7.35. The fourth-order valence-corrected chi connectivity index (χ4v) is 3.41. The standard InChI is InChI=1S/C13H14BrN3O3/c14-7-4-6-8(16-13(20)11(6)18)5-10(7)17-3-1-2-9(17)12(15)19/h4-5,9,11,18H,1-3H2,(H2,15,19)(H,16,20). The van der Waals surface area contributed by atoms with Crippen LogP contribution in [0.3, 0.4) is 0 Å². The molecule has 2 aliphatic rings. The molecule has 106 valence electrons. The number of nitrogens with two attached hydrogens (primary N) is 1. The van der Waals surface area contributed by atoms with Gasteiger partial charge in [0.25, 0.3) is 5.91 Å². The van der Waals surface area contributed by atoms with Crippen molar-refractivity contribution in [3.63, 3.8) is 0 Å². The highest BCUT2D eigenvalue weighted by Gasteiger charge is 2.34. The Morgan fingerprint density at radius 2 is 2.25 bits per heavy atom. The van der Waals surface area contributed by atoms with Gasteiger partial charge < -0.3 is 21.1 Å². The molecule has 2 unspecified atom stereocenters. The van der Waals surface area contributed by atoms with Crippen LogP contribution in [0.4, 0.5) is 11.4 Å². The van der Waals surface area contributed by atoms with Crippen LogP contribution in [0.5, 0.6) is 0 Å². The van der Waals surface area contributed by atoms with E-state index >= 15 is 0 Å². The number of nitrogens with zero attached hydrogens (tertiary/aromatic N) is 1. The molecule has 2 heterocycles. The fourth-order valence-electron chi connectivity index (χ4n) is 2.82. The van der Waals surface area contributed by atoms with Crippen LogP contribution in [0.15, 0.2) is 16.6 Å². The van der Waals surface area contributed by atoms with Crippen LogP contribution in [-0.2, 0) is 9.59 Å². The van der Waals surface area contributed by atoms with Gasteiger partial charge in [0.15, 0.2) is 6.10 Å². The number of primary amides is 1. The first kappa shape index (κ1) is 13.4. The first-order valence-electron chi connectivity index (χ1n) is 6.37. The van der Waals surface area contributed by atoms with Gasteiger partial charge in [0.1, 0.15) is 6.04 Å². The molecule has 1 fully saturated rings. The van der Waals surface area contributed by atoms with Gasteiger partial charge in [-0.15, -0.1) is 0 Å². The number of nitrogens with one attached hydrogen (secondary N) is 1. The van der Waals surface area contributed by atoms with E-state index in [0.717, 1.165) is 29.5 Å². The summed E-state index contributed by atoms with van der Waals surface area (Å²) in [6.07, 6.45) is 0.487. The number of halogens is 1. The number of hydrogen-bond donors (Lipinski definition) is 3. The number of carbonyl (C=O) groups excluding carboxylic acids is 2. The van der Waals surface area contributed by atoms with E-state index in [1.54, 1.807) is 12.1 Å². The van der Waals surface area contributed by atoms with Gasteiger partial charge in [0.05, 0.1) is 5.69 Å². The Hall–Kier alpha value is -1.60. The van der Waals surface area contributed by atoms with Crippen LogP contribution in [0.25, 0.3) is 0 Å². The number of carbonyl (C=O) groups is 2. The molecule has 1 saturated heterocycles. The minimum Gasteiger partial charge on any atom is -0.378 e. The van der Waals surface area contributed by atoms with Gasteiger partial charge in [-0.2, -0.15) is 0 Å². The number of amides is 2. The maximum atomic E-state index is 11.5. The summed E-state index contributed by atoms with van der Waals surface area (Å²) in [5.74, 6) is -0.782. The first-order chi connectivity index (χ1) is 9.49. The van der Waals surface area contributed by atoms with Crippen molar-refractivity contribution >= 4 is 39.1 Å². The lowest BCUT2D eigenvalue weighted by Gasteiger charge is -2.26. The Morgan fingerprint density at radius 3 is 2.95 bits per heavy atom. The minimum atomic E-state index is -1.14. The predicted molar refractivity (Wildman–Crippen MR) is 77.3 cm³/mol. The zero-order chi connectivity index (χ0) is 14.4. The van der Waals surface area contributed by atoms with Crippen LogP contribution in [0, 0.1) is 0 Å². The SMILES string of the molecule is NC(=O)C1CCCN1c1cc2c(cc1Br)C(O)C(=O)N2. The summed E-state index contributed by atoms with van der Waals surface area (Å²) in [6.45, 7) is 0.738. The highest BCUT2D eigenvalue weighted by atomic mass is 79.9. The van der Waals surface area contributed by atoms with Crippen LogP contribution in [0.2, 0.25) is 0 Å². The van der Waals surface area contributed by atoms with Crippen molar-refractivity contribution in [2.45, 2.75) is 25.0 Å². The quantitative estimate of drug-likeness (QED) is 0.745. The smallest absolute Gasteiger partial charge is 0.257 e. The van der Waals surface area contributed by atoms with Crippen molar-refractivity contribution in [1.29, 1.82) is 0 Å². The van der Waals surface area contributed by atoms with E-state index in [2.05, 4.69) is 21.2 Å². The maximum absolute atomic E-state index is 11.5. The van der Waals surface area contributed by atoms with Crippen LogP contribution >= 0.6 is 15.9 Å². The van der Waals surface area contributed by atoms with Crippen molar-refractivity contribution < 1.29 is 14.7 Å². The van der Waals surface area contributed by atoms with Gasteiger partial charge in [-0.25, -0.2) is 0 Å². The average Bonchev–Trinajstić information content (AvgIpc) is 2.97. The van der Waals surface area contributed by atoms with Gasteiger partial charge in [-0.1, -0.05) is 0 Å². The minimum absolute atomic E-state index is 0.327. The van der Waals surface area contributed by atoms with Gasteiger partial charge >= 0.3 is 0 Å². The summed E-state index contributed by atoms with van der Waals surface area (Å²) in [5, 5.41) is 12.4. The van der Waals surface area contributed by atoms with Crippen LogP contribution in [0.1, 0.15) is 24.5 Å². The molecule has 2 aliphatic heterocycles. The molecule has 1 aromatic carbocycles. The number of anilines is 2. The van der Waals surface area contributed by atoms with Gasteiger partial charge in [0.2, 0.25) is 5.91 Å². The molecular weight excluding hydrogens is 326 g/mol. The lowest BCUT2D eigenvalue weighted by atomic mass is 10.1. The summed E-state index contributed by atoms with van der Waals surface area (Å²) in [6, 6.07) is 3.16. The Kier molecular flexibility index (Phi) is 3.18. The third kappa shape index (κ3) is 1.97. The van der Waals surface area contributed by atoms with E-state index in [1.165, 1.54) is 0 Å². The Balaban J connectivity index is 2.02. The number of hydrogen-bond acceptors (Lipinski definition) is 4. The summed E-state index contributed by atoms with van der Waals surface area (Å²) < 4.78 is 0.736. The molecule has 6 nitrogen and oxygen atoms in total. The molecule has 20 heavy (non-hydrogen) atoms. The fraction of sp³-hybridized carbons (Fsp3) is 0.385. The van der Waals surface area contributed by atoms with Crippen molar-refractivity contribution in [2.24, 2.45) is 5.73 Å². The Morgan fingerprint density at radius 1 is 1.50 bits per heavy atom. The van der Waals surface area contributed by atoms with E-state index in [-0.39, 0.29) is 11.9 Å². The molecular formula is C13H14BrN3O3. The number of aliphatic hydroxyl groups is 1. The molecule has 7 heteroatoms. The molecule has 0 saturated carbocycles. The summed E-state index contributed by atoms with van der Waals surface area (Å²) >= 11 is 3.44. The highest BCUT2D eigenvalue weighted by Crippen LogP contribution is 2.40. The molecule has 0 aromatic heterocycles. The molecule has 0 spiro atoms. The number of rotatable bonds is 2. The Bertz CT molecular complexity index is 605. The van der Waals surface area contributed by atoms with E-state index in [9.17, 15) is 14.7 Å². The van der Waals surface area contributed by atoms with Gasteiger partial charge in [-0.3, -0.25) is 9.59 Å². The zero-order valence-corrected chi connectivity index (χ0v) is 12.2. The van der Waals surface area contributed by atoms with Crippen LogP contribution < -0.4 is 16.0 Å². The van der Waals surface area contributed by atoms with Crippen molar-refractivity contribution in [1.82, 2.24) is 0 Å². The first-order valence-corrected chi connectivity index (χ1v) is 7.16. The lowest BCUT2D eigenvalue weighted by molar-refractivity contribution is -0.123. The number of fused-ring (bicyclic) bond motifs is 1. The van der Waals surface area contributed by atoms with E-state index < -0.39 is 12.0 Å². The normalized spacial score (nSPS) is 24.7. The molecule has 0 radical (unpaired) electrons. The van der Waals surface area contributed by atoms with E-state index in [1.807, 2.05) is 4.90 Å². The highest BCUT2D eigenvalue weighted by molar-refractivity contribution is 9.10. The molecule has 0 bridgehead atoms. The van der Waals surface area contributed by atoms with Crippen LogP contribution in [-0.4, -0.2) is 29.5 Å². The molecule has 2 atom stereocenters. The second kappa shape index (κ2) is 4.75. The second-order valence-electron chi connectivity index (χ2n) is 5.04. The molecule has 1 aromatic rings. The van der Waals surface area contributed by atoms with Crippen molar-refractivity contribution in [3.8, 4) is 0 Å². The van der Waals surface area contributed by atoms with E-state index in [4.69, 9.17) is 5.73 Å². The number of aliphatic hydroxyl groups excluding tert-OH is 1. The molecule has 2 amide bonds. The maximum Gasteiger partial charge on any atom is 0.257 e. The summed E-state index contributed by atoms with van der Waals surface area (Å²) in [4.78, 5) is 24.9. The lowest BCUT2D eigenvalue weighted by Crippen LogP contribution is -2.40. The Labute approximate surface area is 124 Å². The summed E-state index contributed by atoms with van der Waals surface area (Å²) in [7, 11) is 0. The third-order valence-corrected chi connectivity index (χ3v) is 4.45. The second-order valence-corrected chi connectivity index (χ2v) is 5.89. The van der Waals surface area contributed by atoms with Gasteiger partial charge in [0, 0.05) is 22.3 Å². The third-order valence-electron chi connectivity index (χ3n) is 3.81. The molecule has 0 aliphatic carbocycles. The molecule has 3 rings (SSSR count). The number of benzene rings is 1.